The number of aromatic nitrogens is 2. The number of nitro groups is 1. The lowest BCUT2D eigenvalue weighted by Crippen LogP contribution is -2.28. The van der Waals surface area contributed by atoms with Crippen molar-refractivity contribution in [2.24, 2.45) is 7.05 Å². The highest BCUT2D eigenvalue weighted by Gasteiger charge is 2.10. The van der Waals surface area contributed by atoms with Crippen LogP contribution in [0.3, 0.4) is 0 Å². The van der Waals surface area contributed by atoms with Crippen molar-refractivity contribution in [3.8, 4) is 0 Å². The Hall–Kier alpha value is -2.44. The molecule has 1 aromatic heterocycles. The third-order valence-electron chi connectivity index (χ3n) is 2.32. The molecule has 7 heteroatoms. The van der Waals surface area contributed by atoms with Gasteiger partial charge in [-0.05, 0) is 6.07 Å². The first kappa shape index (κ1) is 10.1. The smallest absolute Gasteiger partial charge is 0.296 e. The van der Waals surface area contributed by atoms with Gasteiger partial charge in [0.15, 0.2) is 0 Å². The van der Waals surface area contributed by atoms with Crippen LogP contribution in [0, 0.1) is 10.1 Å². The molecular weight excluding hydrogens is 214 g/mol. The van der Waals surface area contributed by atoms with E-state index in [0.29, 0.717) is 5.52 Å². The maximum atomic E-state index is 11.4. The number of hydrogen-bond acceptors (Lipinski definition) is 4. The molecule has 16 heavy (non-hydrogen) atoms. The lowest BCUT2D eigenvalue weighted by Gasteiger charge is -2.02. The standard InChI is InChI=1S/C9H7N3O4/c1-11-7-3-2-5(12(15)16)4-6(7)8(13)10-9(11)14/h2-4H,1H3,(H,10,13,14). The van der Waals surface area contributed by atoms with Crippen LogP contribution >= 0.6 is 0 Å². The van der Waals surface area contributed by atoms with Gasteiger partial charge in [0.1, 0.15) is 0 Å². The predicted molar refractivity (Wildman–Crippen MR) is 56.5 cm³/mol. The molecular formula is C9H7N3O4. The lowest BCUT2D eigenvalue weighted by atomic mass is 10.2. The van der Waals surface area contributed by atoms with Crippen LogP contribution < -0.4 is 11.2 Å². The Labute approximate surface area is 88.1 Å². The molecule has 1 N–H and O–H groups in total. The molecule has 0 spiro atoms. The highest BCUT2D eigenvalue weighted by atomic mass is 16.6. The molecule has 0 fully saturated rings. The second-order valence-corrected chi connectivity index (χ2v) is 3.28. The molecule has 0 saturated carbocycles. The average molecular weight is 221 g/mol. The first-order valence-electron chi connectivity index (χ1n) is 4.38. The molecule has 1 aromatic carbocycles. The van der Waals surface area contributed by atoms with Crippen LogP contribution in [-0.2, 0) is 7.05 Å². The molecule has 2 rings (SSSR count). The summed E-state index contributed by atoms with van der Waals surface area (Å²) >= 11 is 0. The molecule has 7 nitrogen and oxygen atoms in total. The van der Waals surface area contributed by atoms with Gasteiger partial charge in [-0.2, -0.15) is 0 Å². The van der Waals surface area contributed by atoms with Gasteiger partial charge in [0.2, 0.25) is 0 Å². The number of rotatable bonds is 1. The second kappa shape index (κ2) is 3.30. The van der Waals surface area contributed by atoms with Gasteiger partial charge in [-0.15, -0.1) is 0 Å². The average Bonchev–Trinajstić information content (AvgIpc) is 2.25. The number of aromatic amines is 1. The number of fused-ring (bicyclic) bond motifs is 1. The first-order chi connectivity index (χ1) is 7.50. The molecule has 0 saturated heterocycles. The Morgan fingerprint density at radius 2 is 2.06 bits per heavy atom. The van der Waals surface area contributed by atoms with Gasteiger partial charge in [0, 0.05) is 19.2 Å². The number of nitro benzene ring substituents is 1. The van der Waals surface area contributed by atoms with E-state index in [-0.39, 0.29) is 11.1 Å². The van der Waals surface area contributed by atoms with Gasteiger partial charge >= 0.3 is 5.69 Å². The highest BCUT2D eigenvalue weighted by molar-refractivity contribution is 5.80. The first-order valence-corrected chi connectivity index (χ1v) is 4.38. The van der Waals surface area contributed by atoms with Crippen molar-refractivity contribution in [3.63, 3.8) is 0 Å². The van der Waals surface area contributed by atoms with Crippen molar-refractivity contribution >= 4 is 16.6 Å². The Morgan fingerprint density at radius 3 is 2.69 bits per heavy atom. The van der Waals surface area contributed by atoms with Crippen molar-refractivity contribution in [1.82, 2.24) is 9.55 Å². The van der Waals surface area contributed by atoms with E-state index in [2.05, 4.69) is 4.98 Å². The van der Waals surface area contributed by atoms with Gasteiger partial charge in [0.05, 0.1) is 15.8 Å². The summed E-state index contributed by atoms with van der Waals surface area (Å²) in [5.41, 5.74) is -0.996. The van der Waals surface area contributed by atoms with Crippen LogP contribution in [0.4, 0.5) is 5.69 Å². The number of hydrogen-bond donors (Lipinski definition) is 1. The van der Waals surface area contributed by atoms with Crippen LogP contribution in [-0.4, -0.2) is 14.5 Å². The predicted octanol–water partition coefficient (Wildman–Crippen LogP) is 0.135. The van der Waals surface area contributed by atoms with E-state index in [0.717, 1.165) is 6.07 Å². The number of H-pyrrole nitrogens is 1. The van der Waals surface area contributed by atoms with Gasteiger partial charge in [-0.3, -0.25) is 24.5 Å². The molecule has 1 heterocycles. The summed E-state index contributed by atoms with van der Waals surface area (Å²) in [6.45, 7) is 0. The van der Waals surface area contributed by atoms with Gasteiger partial charge < -0.3 is 0 Å². The summed E-state index contributed by atoms with van der Waals surface area (Å²) in [6.07, 6.45) is 0. The van der Waals surface area contributed by atoms with Crippen LogP contribution in [0.15, 0.2) is 27.8 Å². The normalized spacial score (nSPS) is 10.6. The molecule has 0 bridgehead atoms. The largest absolute Gasteiger partial charge is 0.328 e. The number of aryl methyl sites for hydroxylation is 1. The van der Waals surface area contributed by atoms with Crippen molar-refractivity contribution < 1.29 is 4.92 Å². The van der Waals surface area contributed by atoms with Crippen LogP contribution in [0.5, 0.6) is 0 Å². The summed E-state index contributed by atoms with van der Waals surface area (Å²) in [4.78, 5) is 34.7. The summed E-state index contributed by atoms with van der Waals surface area (Å²) in [6, 6.07) is 3.78. The zero-order valence-electron chi connectivity index (χ0n) is 8.26. The van der Waals surface area contributed by atoms with E-state index in [1.165, 1.54) is 23.7 Å². The summed E-state index contributed by atoms with van der Waals surface area (Å²) in [5.74, 6) is 0. The zero-order valence-corrected chi connectivity index (χ0v) is 8.26. The molecule has 0 amide bonds. The van der Waals surface area contributed by atoms with Crippen LogP contribution in [0.2, 0.25) is 0 Å². The minimum atomic E-state index is -0.623. The van der Waals surface area contributed by atoms with Crippen molar-refractivity contribution in [3.05, 3.63) is 49.2 Å². The van der Waals surface area contributed by atoms with Crippen molar-refractivity contribution in [2.45, 2.75) is 0 Å². The van der Waals surface area contributed by atoms with E-state index in [9.17, 15) is 19.7 Å². The Kier molecular flexibility index (Phi) is 2.08. The topological polar surface area (TPSA) is 98.0 Å². The zero-order chi connectivity index (χ0) is 11.9. The highest BCUT2D eigenvalue weighted by Crippen LogP contribution is 2.16. The fraction of sp³-hybridized carbons (Fsp3) is 0.111. The molecule has 82 valence electrons. The SMILES string of the molecule is Cn1c(=O)[nH]c(=O)c2cc([N+](=O)[O-])ccc21. The molecule has 0 aliphatic carbocycles. The molecule has 0 radical (unpaired) electrons. The molecule has 0 atom stereocenters. The van der Waals surface area contributed by atoms with Gasteiger partial charge in [0.25, 0.3) is 11.2 Å². The van der Waals surface area contributed by atoms with Crippen molar-refractivity contribution in [2.75, 3.05) is 0 Å². The number of benzene rings is 1. The molecule has 0 aliphatic rings. The van der Waals surface area contributed by atoms with E-state index in [4.69, 9.17) is 0 Å². The van der Waals surface area contributed by atoms with E-state index >= 15 is 0 Å². The third-order valence-corrected chi connectivity index (χ3v) is 2.32. The summed E-state index contributed by atoms with van der Waals surface area (Å²) in [5, 5.41) is 10.7. The van der Waals surface area contributed by atoms with Gasteiger partial charge in [-0.1, -0.05) is 0 Å². The third kappa shape index (κ3) is 1.38. The van der Waals surface area contributed by atoms with Crippen LogP contribution in [0.25, 0.3) is 10.9 Å². The Balaban J connectivity index is 2.96. The molecule has 0 aliphatic heterocycles. The quantitative estimate of drug-likeness (QED) is 0.546. The Bertz CT molecular complexity index is 698. The van der Waals surface area contributed by atoms with E-state index < -0.39 is 16.2 Å². The lowest BCUT2D eigenvalue weighted by molar-refractivity contribution is -0.384. The summed E-state index contributed by atoms with van der Waals surface area (Å²) in [7, 11) is 1.48. The second-order valence-electron chi connectivity index (χ2n) is 3.28. The number of nitrogens with one attached hydrogen (secondary N) is 1. The minimum Gasteiger partial charge on any atom is -0.296 e. The maximum Gasteiger partial charge on any atom is 0.328 e. The van der Waals surface area contributed by atoms with E-state index in [1.54, 1.807) is 0 Å². The molecule has 0 unspecified atom stereocenters. The number of nitrogens with zero attached hydrogens (tertiary/aromatic N) is 2. The van der Waals surface area contributed by atoms with E-state index in [1.807, 2.05) is 0 Å². The summed E-state index contributed by atoms with van der Waals surface area (Å²) < 4.78 is 1.22. The van der Waals surface area contributed by atoms with Gasteiger partial charge in [-0.25, -0.2) is 4.79 Å². The number of non-ortho nitro benzene ring substituents is 1. The Morgan fingerprint density at radius 1 is 1.38 bits per heavy atom. The van der Waals surface area contributed by atoms with Crippen LogP contribution in [0.1, 0.15) is 0 Å². The maximum absolute atomic E-state index is 11.4. The fourth-order valence-corrected chi connectivity index (χ4v) is 1.47. The monoisotopic (exact) mass is 221 g/mol. The minimum absolute atomic E-state index is 0.122. The van der Waals surface area contributed by atoms with Crippen molar-refractivity contribution in [1.29, 1.82) is 0 Å². The fourth-order valence-electron chi connectivity index (χ4n) is 1.47. The molecule has 2 aromatic rings.